The minimum atomic E-state index is -0.399. The van der Waals surface area contributed by atoms with Gasteiger partial charge in [0.15, 0.2) is 0 Å². The van der Waals surface area contributed by atoms with Crippen molar-refractivity contribution >= 4 is 5.97 Å². The highest BCUT2D eigenvalue weighted by molar-refractivity contribution is 5.77. The van der Waals surface area contributed by atoms with Gasteiger partial charge in [-0.25, -0.2) is 0 Å². The van der Waals surface area contributed by atoms with Gasteiger partial charge in [0, 0.05) is 0 Å². The molecule has 0 bridgehead atoms. The Morgan fingerprint density at radius 1 is 1.53 bits per heavy atom. The molecular weight excluding hydrogens is 190 g/mol. The van der Waals surface area contributed by atoms with E-state index >= 15 is 0 Å². The minimum Gasteiger partial charge on any atom is -0.468 e. The third kappa shape index (κ3) is 2.17. The van der Waals surface area contributed by atoms with Crippen LogP contribution in [-0.2, 0) is 9.53 Å². The Morgan fingerprint density at radius 2 is 2.13 bits per heavy atom. The lowest BCUT2D eigenvalue weighted by Crippen LogP contribution is -2.41. The molecule has 0 aromatic heterocycles. The van der Waals surface area contributed by atoms with E-state index in [0.717, 1.165) is 31.1 Å². The highest BCUT2D eigenvalue weighted by atomic mass is 16.5. The summed E-state index contributed by atoms with van der Waals surface area (Å²) in [6.07, 6.45) is 6.03. The number of ether oxygens (including phenoxy) is 1. The van der Waals surface area contributed by atoms with Crippen molar-refractivity contribution in [1.82, 2.24) is 0 Å². The van der Waals surface area contributed by atoms with Crippen molar-refractivity contribution in [3.63, 3.8) is 0 Å². The van der Waals surface area contributed by atoms with Crippen molar-refractivity contribution in [2.24, 2.45) is 23.0 Å². The van der Waals surface area contributed by atoms with Crippen LogP contribution in [0.25, 0.3) is 0 Å². The fourth-order valence-corrected chi connectivity index (χ4v) is 2.65. The van der Waals surface area contributed by atoms with Crippen LogP contribution in [0.15, 0.2) is 0 Å². The highest BCUT2D eigenvalue weighted by Gasteiger charge is 2.52. The molecule has 2 atom stereocenters. The lowest BCUT2D eigenvalue weighted by molar-refractivity contribution is -0.144. The molecule has 3 heteroatoms. The molecule has 0 spiro atoms. The topological polar surface area (TPSA) is 52.3 Å². The predicted octanol–water partition coefficient (Wildman–Crippen LogP) is 1.70. The first-order valence-electron chi connectivity index (χ1n) is 5.92. The lowest BCUT2D eigenvalue weighted by atomic mass is 9.85. The zero-order valence-corrected chi connectivity index (χ0v) is 9.66. The predicted molar refractivity (Wildman–Crippen MR) is 58.2 cm³/mol. The molecule has 0 aromatic rings. The molecule has 0 amide bonds. The fraction of sp³-hybridized carbons (Fsp3) is 0.917. The number of carbonyl (C=O) groups excluding carboxylic acids is 1. The average Bonchev–Trinajstić information content (AvgIpc) is 3.07. The first-order chi connectivity index (χ1) is 7.09. The lowest BCUT2D eigenvalue weighted by Gasteiger charge is -2.24. The number of rotatable bonds is 5. The third-order valence-electron chi connectivity index (χ3n) is 4.16. The van der Waals surface area contributed by atoms with Gasteiger partial charge in [-0.3, -0.25) is 4.79 Å². The van der Waals surface area contributed by atoms with Crippen LogP contribution in [0.5, 0.6) is 0 Å². The number of hydrogen-bond acceptors (Lipinski definition) is 3. The first-order valence-corrected chi connectivity index (χ1v) is 5.92. The number of methoxy groups -OCH3 is 1. The van der Waals surface area contributed by atoms with Gasteiger partial charge in [-0.2, -0.15) is 0 Å². The molecule has 0 aromatic carbocycles. The molecule has 0 saturated heterocycles. The van der Waals surface area contributed by atoms with E-state index in [1.807, 2.05) is 0 Å². The van der Waals surface area contributed by atoms with Crippen molar-refractivity contribution < 1.29 is 9.53 Å². The first kappa shape index (κ1) is 10.9. The van der Waals surface area contributed by atoms with E-state index < -0.39 is 6.04 Å². The smallest absolute Gasteiger partial charge is 0.323 e. The molecular formula is C12H21NO2. The fourth-order valence-electron chi connectivity index (χ4n) is 2.65. The van der Waals surface area contributed by atoms with E-state index in [1.165, 1.54) is 20.0 Å². The van der Waals surface area contributed by atoms with Crippen LogP contribution in [-0.4, -0.2) is 19.1 Å². The summed E-state index contributed by atoms with van der Waals surface area (Å²) in [6, 6.07) is -0.399. The van der Waals surface area contributed by atoms with Crippen molar-refractivity contribution in [2.45, 2.75) is 45.1 Å². The molecule has 0 heterocycles. The summed E-state index contributed by atoms with van der Waals surface area (Å²) in [5, 5.41) is 0. The molecule has 3 nitrogen and oxygen atoms in total. The zero-order valence-electron chi connectivity index (χ0n) is 9.66. The number of hydrogen-bond donors (Lipinski definition) is 1. The van der Waals surface area contributed by atoms with Crippen LogP contribution < -0.4 is 5.73 Å². The van der Waals surface area contributed by atoms with E-state index in [1.54, 1.807) is 0 Å². The van der Waals surface area contributed by atoms with Gasteiger partial charge >= 0.3 is 5.97 Å². The Kier molecular flexibility index (Phi) is 2.75. The second-order valence-corrected chi connectivity index (χ2v) is 5.38. The van der Waals surface area contributed by atoms with Gasteiger partial charge in [-0.05, 0) is 49.4 Å². The summed E-state index contributed by atoms with van der Waals surface area (Å²) in [5.41, 5.74) is 6.04. The van der Waals surface area contributed by atoms with E-state index in [0.29, 0.717) is 0 Å². The summed E-state index contributed by atoms with van der Waals surface area (Å²) in [7, 11) is 1.42. The van der Waals surface area contributed by atoms with E-state index in [4.69, 9.17) is 10.5 Å². The van der Waals surface area contributed by atoms with Gasteiger partial charge in [0.25, 0.3) is 0 Å². The molecule has 2 unspecified atom stereocenters. The van der Waals surface area contributed by atoms with Crippen LogP contribution in [0.1, 0.15) is 39.0 Å². The van der Waals surface area contributed by atoms with Gasteiger partial charge in [-0.1, -0.05) is 6.92 Å². The molecule has 2 N–H and O–H groups in total. The standard InChI is InChI=1S/C12H21NO2/c1-8(9-3-4-9)7-12(5-6-12)10(13)11(14)15-2/h8-10H,3-7,13H2,1-2H3. The SMILES string of the molecule is COC(=O)C(N)C1(CC(C)C2CC2)CC1. The molecule has 86 valence electrons. The maximum atomic E-state index is 11.4. The second-order valence-electron chi connectivity index (χ2n) is 5.38. The Bertz CT molecular complexity index is 256. The zero-order chi connectivity index (χ0) is 11.1. The van der Waals surface area contributed by atoms with Crippen molar-refractivity contribution in [3.8, 4) is 0 Å². The largest absolute Gasteiger partial charge is 0.468 e. The monoisotopic (exact) mass is 211 g/mol. The number of carbonyl (C=O) groups is 1. The summed E-state index contributed by atoms with van der Waals surface area (Å²) in [4.78, 5) is 11.4. The molecule has 2 aliphatic carbocycles. The van der Waals surface area contributed by atoms with Crippen molar-refractivity contribution in [3.05, 3.63) is 0 Å². The van der Waals surface area contributed by atoms with Crippen molar-refractivity contribution in [2.75, 3.05) is 7.11 Å². The second kappa shape index (κ2) is 3.78. The van der Waals surface area contributed by atoms with E-state index in [-0.39, 0.29) is 11.4 Å². The van der Waals surface area contributed by atoms with Gasteiger partial charge in [-0.15, -0.1) is 0 Å². The quantitative estimate of drug-likeness (QED) is 0.704. The third-order valence-corrected chi connectivity index (χ3v) is 4.16. The highest BCUT2D eigenvalue weighted by Crippen LogP contribution is 2.55. The molecule has 2 rings (SSSR count). The van der Waals surface area contributed by atoms with Crippen LogP contribution >= 0.6 is 0 Å². The Hall–Kier alpha value is -0.570. The molecule has 2 saturated carbocycles. The molecule has 0 radical (unpaired) electrons. The van der Waals surface area contributed by atoms with Crippen LogP contribution in [0.4, 0.5) is 0 Å². The normalized spacial score (nSPS) is 26.9. The Balaban J connectivity index is 1.91. The number of esters is 1. The Morgan fingerprint density at radius 3 is 2.53 bits per heavy atom. The maximum absolute atomic E-state index is 11.4. The van der Waals surface area contributed by atoms with Gasteiger partial charge in [0.1, 0.15) is 6.04 Å². The van der Waals surface area contributed by atoms with Crippen LogP contribution in [0.2, 0.25) is 0 Å². The van der Waals surface area contributed by atoms with Crippen molar-refractivity contribution in [1.29, 1.82) is 0 Å². The Labute approximate surface area is 91.4 Å². The number of nitrogens with two attached hydrogens (primary N) is 1. The van der Waals surface area contributed by atoms with E-state index in [2.05, 4.69) is 6.92 Å². The molecule has 0 aliphatic heterocycles. The average molecular weight is 211 g/mol. The molecule has 2 aliphatic rings. The van der Waals surface area contributed by atoms with Gasteiger partial charge in [0.2, 0.25) is 0 Å². The summed E-state index contributed by atoms with van der Waals surface area (Å²) in [5.74, 6) is 1.38. The summed E-state index contributed by atoms with van der Waals surface area (Å²) in [6.45, 7) is 2.29. The van der Waals surface area contributed by atoms with Crippen LogP contribution in [0.3, 0.4) is 0 Å². The molecule has 2 fully saturated rings. The van der Waals surface area contributed by atoms with Gasteiger partial charge in [0.05, 0.1) is 7.11 Å². The maximum Gasteiger partial charge on any atom is 0.323 e. The summed E-state index contributed by atoms with van der Waals surface area (Å²) >= 11 is 0. The molecule has 15 heavy (non-hydrogen) atoms. The minimum absolute atomic E-state index is 0.0785. The van der Waals surface area contributed by atoms with E-state index in [9.17, 15) is 4.79 Å². The summed E-state index contributed by atoms with van der Waals surface area (Å²) < 4.78 is 4.73. The van der Waals surface area contributed by atoms with Crippen LogP contribution in [0, 0.1) is 17.3 Å². The van der Waals surface area contributed by atoms with Gasteiger partial charge < -0.3 is 10.5 Å².